The van der Waals surface area contributed by atoms with Crippen LogP contribution in [-0.2, 0) is 0 Å². The van der Waals surface area contributed by atoms with Gasteiger partial charge in [-0.1, -0.05) is 11.6 Å². The number of halogens is 1. The largest absolute Gasteiger partial charge is 0.394 e. The zero-order valence-electron chi connectivity index (χ0n) is 7.74. The van der Waals surface area contributed by atoms with Crippen LogP contribution in [0.1, 0.15) is 6.92 Å². The molecule has 0 saturated carbocycles. The van der Waals surface area contributed by atoms with Crippen LogP contribution in [0.4, 0.5) is 5.69 Å². The highest BCUT2D eigenvalue weighted by Gasteiger charge is 2.08. The highest BCUT2D eigenvalue weighted by molar-refractivity contribution is 6.29. The molecule has 1 atom stereocenters. The lowest BCUT2D eigenvalue weighted by Crippen LogP contribution is -2.31. The average Bonchev–Trinajstić information content (AvgIpc) is 2.15. The molecule has 1 N–H and O–H groups in total. The van der Waals surface area contributed by atoms with Crippen LogP contribution in [-0.4, -0.2) is 29.8 Å². The van der Waals surface area contributed by atoms with Crippen molar-refractivity contribution >= 4 is 17.3 Å². The van der Waals surface area contributed by atoms with Gasteiger partial charge in [-0.15, -0.1) is 0 Å². The van der Waals surface area contributed by atoms with Gasteiger partial charge in [-0.05, 0) is 19.1 Å². The third-order valence-electron chi connectivity index (χ3n) is 2.04. The summed E-state index contributed by atoms with van der Waals surface area (Å²) in [6.07, 6.45) is 1.65. The second kappa shape index (κ2) is 4.44. The molecule has 72 valence electrons. The Balaban J connectivity index is 2.82. The van der Waals surface area contributed by atoms with E-state index >= 15 is 0 Å². The third kappa shape index (κ3) is 2.57. The number of likely N-dealkylation sites (N-methyl/N-ethyl adjacent to an activating group) is 1. The zero-order chi connectivity index (χ0) is 9.84. The maximum atomic E-state index is 8.95. The molecule has 0 saturated heterocycles. The van der Waals surface area contributed by atoms with Gasteiger partial charge in [0.15, 0.2) is 0 Å². The fraction of sp³-hybridized carbons (Fsp3) is 0.444. The Morgan fingerprint density at radius 3 is 2.92 bits per heavy atom. The average molecular weight is 201 g/mol. The van der Waals surface area contributed by atoms with Crippen LogP contribution in [0.15, 0.2) is 18.3 Å². The first-order valence-corrected chi connectivity index (χ1v) is 4.48. The molecule has 0 aliphatic rings. The fourth-order valence-electron chi connectivity index (χ4n) is 0.989. The van der Waals surface area contributed by atoms with Crippen LogP contribution >= 0.6 is 11.6 Å². The molecule has 1 rings (SSSR count). The Labute approximate surface area is 83.0 Å². The third-order valence-corrected chi connectivity index (χ3v) is 2.25. The minimum Gasteiger partial charge on any atom is -0.394 e. The van der Waals surface area contributed by atoms with Crippen molar-refractivity contribution < 1.29 is 5.11 Å². The minimum absolute atomic E-state index is 0.0819. The van der Waals surface area contributed by atoms with Gasteiger partial charge < -0.3 is 10.0 Å². The van der Waals surface area contributed by atoms with E-state index in [-0.39, 0.29) is 12.6 Å². The number of pyridine rings is 1. The number of rotatable bonds is 3. The van der Waals surface area contributed by atoms with Crippen molar-refractivity contribution in [3.8, 4) is 0 Å². The summed E-state index contributed by atoms with van der Waals surface area (Å²) in [6.45, 7) is 2.06. The Morgan fingerprint density at radius 1 is 1.69 bits per heavy atom. The summed E-state index contributed by atoms with van der Waals surface area (Å²) >= 11 is 5.74. The van der Waals surface area contributed by atoms with Crippen LogP contribution in [0.5, 0.6) is 0 Å². The number of nitrogens with zero attached hydrogens (tertiary/aromatic N) is 2. The molecule has 1 aromatic heterocycles. The molecule has 0 aliphatic heterocycles. The van der Waals surface area contributed by atoms with Crippen molar-refractivity contribution in [2.45, 2.75) is 13.0 Å². The topological polar surface area (TPSA) is 36.4 Å². The SMILES string of the molecule is C[C@H](CO)N(C)c1ccnc(Cl)c1. The highest BCUT2D eigenvalue weighted by Crippen LogP contribution is 2.17. The highest BCUT2D eigenvalue weighted by atomic mass is 35.5. The zero-order valence-corrected chi connectivity index (χ0v) is 8.49. The van der Waals surface area contributed by atoms with E-state index in [1.807, 2.05) is 24.9 Å². The van der Waals surface area contributed by atoms with Crippen LogP contribution < -0.4 is 4.90 Å². The number of hydrogen-bond acceptors (Lipinski definition) is 3. The molecule has 0 amide bonds. The molecule has 0 aromatic carbocycles. The van der Waals surface area contributed by atoms with Crippen molar-refractivity contribution in [1.29, 1.82) is 0 Å². The van der Waals surface area contributed by atoms with E-state index in [4.69, 9.17) is 16.7 Å². The van der Waals surface area contributed by atoms with Crippen molar-refractivity contribution in [3.63, 3.8) is 0 Å². The van der Waals surface area contributed by atoms with Gasteiger partial charge in [0, 0.05) is 25.0 Å². The lowest BCUT2D eigenvalue weighted by atomic mass is 10.3. The van der Waals surface area contributed by atoms with Crippen molar-refractivity contribution in [3.05, 3.63) is 23.5 Å². The van der Waals surface area contributed by atoms with Gasteiger partial charge >= 0.3 is 0 Å². The molecule has 13 heavy (non-hydrogen) atoms. The monoisotopic (exact) mass is 200 g/mol. The van der Waals surface area contributed by atoms with Crippen LogP contribution in [0, 0.1) is 0 Å². The summed E-state index contributed by atoms with van der Waals surface area (Å²) in [6, 6.07) is 3.71. The standard InChI is InChI=1S/C9H13ClN2O/c1-7(6-13)12(2)8-3-4-11-9(10)5-8/h3-5,7,13H,6H2,1-2H3/t7-/m1/s1. The van der Waals surface area contributed by atoms with E-state index in [1.165, 1.54) is 0 Å². The molecule has 0 bridgehead atoms. The predicted molar refractivity (Wildman–Crippen MR) is 54.2 cm³/mol. The van der Waals surface area contributed by atoms with Gasteiger partial charge in [0.1, 0.15) is 5.15 Å². The summed E-state index contributed by atoms with van der Waals surface area (Å²) < 4.78 is 0. The van der Waals surface area contributed by atoms with Crippen LogP contribution in [0.25, 0.3) is 0 Å². The molecule has 3 nitrogen and oxygen atoms in total. The first-order chi connectivity index (χ1) is 6.15. The van der Waals surface area contributed by atoms with E-state index in [0.29, 0.717) is 5.15 Å². The van der Waals surface area contributed by atoms with Crippen molar-refractivity contribution in [1.82, 2.24) is 4.98 Å². The first kappa shape index (κ1) is 10.3. The van der Waals surface area contributed by atoms with Crippen LogP contribution in [0.3, 0.4) is 0 Å². The minimum atomic E-state index is 0.0819. The second-order valence-electron chi connectivity index (χ2n) is 2.98. The summed E-state index contributed by atoms with van der Waals surface area (Å²) in [5.41, 5.74) is 0.960. The molecule has 1 heterocycles. The normalized spacial score (nSPS) is 12.6. The molecular formula is C9H13ClN2O. The molecule has 0 radical (unpaired) electrons. The summed E-state index contributed by atoms with van der Waals surface area (Å²) in [5, 5.41) is 9.41. The predicted octanol–water partition coefficient (Wildman–Crippen LogP) is 1.55. The van der Waals surface area contributed by atoms with Gasteiger partial charge in [0.2, 0.25) is 0 Å². The van der Waals surface area contributed by atoms with Crippen LogP contribution in [0.2, 0.25) is 5.15 Å². The van der Waals surface area contributed by atoms with Gasteiger partial charge in [-0.3, -0.25) is 0 Å². The van der Waals surface area contributed by atoms with E-state index in [1.54, 1.807) is 12.3 Å². The Kier molecular flexibility index (Phi) is 3.51. The van der Waals surface area contributed by atoms with Crippen molar-refractivity contribution in [2.24, 2.45) is 0 Å². The Bertz CT molecular complexity index is 280. The number of aromatic nitrogens is 1. The maximum absolute atomic E-state index is 8.95. The quantitative estimate of drug-likeness (QED) is 0.753. The van der Waals surface area contributed by atoms with Gasteiger partial charge in [-0.2, -0.15) is 0 Å². The summed E-state index contributed by atoms with van der Waals surface area (Å²) in [7, 11) is 1.91. The molecule has 4 heteroatoms. The number of aliphatic hydroxyl groups is 1. The van der Waals surface area contributed by atoms with E-state index < -0.39 is 0 Å². The molecule has 0 unspecified atom stereocenters. The molecule has 0 spiro atoms. The van der Waals surface area contributed by atoms with Gasteiger partial charge in [0.05, 0.1) is 6.61 Å². The van der Waals surface area contributed by atoms with Crippen molar-refractivity contribution in [2.75, 3.05) is 18.6 Å². The Morgan fingerprint density at radius 2 is 2.38 bits per heavy atom. The van der Waals surface area contributed by atoms with E-state index in [0.717, 1.165) is 5.69 Å². The van der Waals surface area contributed by atoms with E-state index in [9.17, 15) is 0 Å². The molecule has 0 fully saturated rings. The number of hydrogen-bond donors (Lipinski definition) is 1. The second-order valence-corrected chi connectivity index (χ2v) is 3.37. The first-order valence-electron chi connectivity index (χ1n) is 4.10. The van der Waals surface area contributed by atoms with E-state index in [2.05, 4.69) is 4.98 Å². The molecule has 1 aromatic rings. The fourth-order valence-corrected chi connectivity index (χ4v) is 1.16. The summed E-state index contributed by atoms with van der Waals surface area (Å²) in [4.78, 5) is 5.84. The molecular weight excluding hydrogens is 188 g/mol. The smallest absolute Gasteiger partial charge is 0.131 e. The lowest BCUT2D eigenvalue weighted by Gasteiger charge is -2.25. The molecule has 0 aliphatic carbocycles. The summed E-state index contributed by atoms with van der Waals surface area (Å²) in [5.74, 6) is 0. The lowest BCUT2D eigenvalue weighted by molar-refractivity contribution is 0.270. The number of aliphatic hydroxyl groups excluding tert-OH is 1. The van der Waals surface area contributed by atoms with Gasteiger partial charge in [-0.25, -0.2) is 4.98 Å². The number of anilines is 1. The van der Waals surface area contributed by atoms with Gasteiger partial charge in [0.25, 0.3) is 0 Å². The maximum Gasteiger partial charge on any atom is 0.131 e. The Hall–Kier alpha value is -0.800.